The predicted molar refractivity (Wildman–Crippen MR) is 99.4 cm³/mol. The molecule has 142 valence electrons. The number of carbonyl (C=O) groups is 1. The minimum absolute atomic E-state index is 0.239. The Hall–Kier alpha value is -1.13. The van der Waals surface area contributed by atoms with Crippen LogP contribution < -0.4 is 0 Å². The molecule has 25 heavy (non-hydrogen) atoms. The first-order valence-corrected chi connectivity index (χ1v) is 10.0. The first-order chi connectivity index (χ1) is 12.1. The van der Waals surface area contributed by atoms with E-state index in [1.807, 2.05) is 6.08 Å². The molecule has 2 saturated heterocycles. The van der Waals surface area contributed by atoms with Crippen LogP contribution in [0, 0.1) is 11.8 Å². The van der Waals surface area contributed by atoms with Gasteiger partial charge < -0.3 is 14.9 Å². The summed E-state index contributed by atoms with van der Waals surface area (Å²) in [6, 6.07) is 0. The third-order valence-electron chi connectivity index (χ3n) is 5.48. The van der Waals surface area contributed by atoms with E-state index in [0.29, 0.717) is 30.5 Å². The van der Waals surface area contributed by atoms with Crippen molar-refractivity contribution in [2.24, 2.45) is 11.8 Å². The second kappa shape index (κ2) is 10.8. The van der Waals surface area contributed by atoms with Gasteiger partial charge in [0.05, 0.1) is 18.3 Å². The van der Waals surface area contributed by atoms with Gasteiger partial charge in [0.15, 0.2) is 0 Å². The van der Waals surface area contributed by atoms with E-state index in [-0.39, 0.29) is 12.5 Å². The fraction of sp³-hybridized carbons (Fsp3) is 0.762. The summed E-state index contributed by atoms with van der Waals surface area (Å²) in [5.74, 6) is 0.175. The van der Waals surface area contributed by atoms with Gasteiger partial charge in [-0.15, -0.1) is 0 Å². The van der Waals surface area contributed by atoms with Gasteiger partial charge in [-0.1, -0.05) is 50.5 Å². The number of rotatable bonds is 12. The van der Waals surface area contributed by atoms with Crippen molar-refractivity contribution >= 4 is 5.97 Å². The summed E-state index contributed by atoms with van der Waals surface area (Å²) in [4.78, 5) is 10.5. The molecule has 0 amide bonds. The summed E-state index contributed by atoms with van der Waals surface area (Å²) < 4.78 is 6.09. The van der Waals surface area contributed by atoms with Crippen molar-refractivity contribution < 1.29 is 19.7 Å². The lowest BCUT2D eigenvalue weighted by atomic mass is 9.77. The van der Waals surface area contributed by atoms with Gasteiger partial charge >= 0.3 is 5.97 Å². The van der Waals surface area contributed by atoms with Crippen LogP contribution in [0.5, 0.6) is 0 Å². The summed E-state index contributed by atoms with van der Waals surface area (Å²) >= 11 is 0. The average molecular weight is 350 g/mol. The molecule has 2 bridgehead atoms. The normalized spacial score (nSPS) is 29.8. The van der Waals surface area contributed by atoms with Gasteiger partial charge in [0, 0.05) is 12.3 Å². The first kappa shape index (κ1) is 20.2. The Morgan fingerprint density at radius 2 is 2.00 bits per heavy atom. The maximum absolute atomic E-state index is 10.5. The number of fused-ring (bicyclic) bond motifs is 2. The molecule has 5 atom stereocenters. The highest BCUT2D eigenvalue weighted by molar-refractivity contribution is 5.66. The van der Waals surface area contributed by atoms with Crippen LogP contribution in [0.4, 0.5) is 0 Å². The Balaban J connectivity index is 1.78. The van der Waals surface area contributed by atoms with Crippen molar-refractivity contribution in [3.63, 3.8) is 0 Å². The lowest BCUT2D eigenvalue weighted by Crippen LogP contribution is -2.25. The molecule has 2 aliphatic heterocycles. The van der Waals surface area contributed by atoms with E-state index in [2.05, 4.69) is 25.2 Å². The van der Waals surface area contributed by atoms with Crippen molar-refractivity contribution in [2.75, 3.05) is 0 Å². The molecule has 0 spiro atoms. The fourth-order valence-electron chi connectivity index (χ4n) is 4.09. The molecule has 0 radical (unpaired) electrons. The average Bonchev–Trinajstić information content (AvgIpc) is 3.17. The third kappa shape index (κ3) is 6.59. The van der Waals surface area contributed by atoms with Crippen LogP contribution in [0.15, 0.2) is 24.3 Å². The predicted octanol–water partition coefficient (Wildman–Crippen LogP) is 4.48. The number of carboxylic acids is 1. The molecule has 2 rings (SSSR count). The largest absolute Gasteiger partial charge is 0.481 e. The Morgan fingerprint density at radius 3 is 2.76 bits per heavy atom. The Morgan fingerprint density at radius 1 is 1.20 bits per heavy atom. The van der Waals surface area contributed by atoms with Gasteiger partial charge in [-0.25, -0.2) is 0 Å². The highest BCUT2D eigenvalue weighted by Crippen LogP contribution is 2.45. The number of aliphatic carboxylic acids is 1. The molecular formula is C21H34O4. The molecule has 4 nitrogen and oxygen atoms in total. The lowest BCUT2D eigenvalue weighted by molar-refractivity contribution is -0.137. The van der Waals surface area contributed by atoms with Crippen LogP contribution in [-0.4, -0.2) is 34.5 Å². The molecule has 2 heterocycles. The molecule has 2 aliphatic rings. The fourth-order valence-corrected chi connectivity index (χ4v) is 4.09. The van der Waals surface area contributed by atoms with Gasteiger partial charge in [0.25, 0.3) is 0 Å². The number of ether oxygens (including phenoxy) is 1. The van der Waals surface area contributed by atoms with Crippen LogP contribution in [0.3, 0.4) is 0 Å². The minimum Gasteiger partial charge on any atom is -0.481 e. The zero-order valence-corrected chi connectivity index (χ0v) is 15.5. The molecule has 0 aliphatic carbocycles. The molecule has 0 aromatic heterocycles. The quantitative estimate of drug-likeness (QED) is 0.402. The van der Waals surface area contributed by atoms with Crippen LogP contribution in [-0.2, 0) is 9.53 Å². The first-order valence-electron chi connectivity index (χ1n) is 10.0. The van der Waals surface area contributed by atoms with E-state index in [0.717, 1.165) is 38.5 Å². The van der Waals surface area contributed by atoms with Crippen molar-refractivity contribution in [1.29, 1.82) is 0 Å². The highest BCUT2D eigenvalue weighted by Gasteiger charge is 2.46. The molecule has 2 N–H and O–H groups in total. The van der Waals surface area contributed by atoms with E-state index in [4.69, 9.17) is 9.84 Å². The molecule has 0 aromatic carbocycles. The van der Waals surface area contributed by atoms with Crippen LogP contribution in [0.25, 0.3) is 0 Å². The van der Waals surface area contributed by atoms with Crippen LogP contribution in [0.2, 0.25) is 0 Å². The molecule has 0 aromatic rings. The number of aliphatic hydroxyl groups excluding tert-OH is 1. The summed E-state index contributed by atoms with van der Waals surface area (Å²) in [5.41, 5.74) is 0. The van der Waals surface area contributed by atoms with Gasteiger partial charge in [-0.2, -0.15) is 0 Å². The molecular weight excluding hydrogens is 316 g/mol. The minimum atomic E-state index is -0.724. The molecule has 4 heteroatoms. The standard InChI is InChI=1S/C21H34O4/c1-2-3-6-9-16(22)12-13-18-17(19-14-15-20(18)25-19)10-7-4-5-8-11-21(23)24/h4,7,12-13,16-20,22H,2-3,5-6,8-11,14-15H2,1H3,(H,23,24)/b7-4-,13-12+/t16?,17-,18+,19-,20+/m0/s1. The zero-order chi connectivity index (χ0) is 18.1. The van der Waals surface area contributed by atoms with Gasteiger partial charge in [0.2, 0.25) is 0 Å². The maximum Gasteiger partial charge on any atom is 0.303 e. The smallest absolute Gasteiger partial charge is 0.303 e. The number of allylic oxidation sites excluding steroid dienone is 2. The topological polar surface area (TPSA) is 66.8 Å². The summed E-state index contributed by atoms with van der Waals surface area (Å²) in [7, 11) is 0. The van der Waals surface area contributed by atoms with Gasteiger partial charge in [-0.3, -0.25) is 4.79 Å². The Kier molecular flexibility index (Phi) is 8.70. The number of hydrogen-bond donors (Lipinski definition) is 2. The van der Waals surface area contributed by atoms with Crippen molar-refractivity contribution in [3.8, 4) is 0 Å². The van der Waals surface area contributed by atoms with Crippen LogP contribution in [0.1, 0.15) is 71.1 Å². The SMILES string of the molecule is CCCCCC(O)/C=C/[C@@H]1[C@H](C/C=C\CCCC(=O)O)[C@@H]2CC[C@H]1O2. The van der Waals surface area contributed by atoms with E-state index >= 15 is 0 Å². The van der Waals surface area contributed by atoms with Crippen LogP contribution >= 0.6 is 0 Å². The second-order valence-electron chi connectivity index (χ2n) is 7.47. The number of aliphatic hydroxyl groups is 1. The van der Waals surface area contributed by atoms with Gasteiger partial charge in [0.1, 0.15) is 0 Å². The third-order valence-corrected chi connectivity index (χ3v) is 5.48. The number of unbranched alkanes of at least 4 members (excludes halogenated alkanes) is 3. The number of carboxylic acid groups (broad SMARTS) is 1. The van der Waals surface area contributed by atoms with Gasteiger partial charge in [-0.05, 0) is 44.4 Å². The maximum atomic E-state index is 10.5. The summed E-state index contributed by atoms with van der Waals surface area (Å²) in [6.07, 6.45) is 18.1. The van der Waals surface area contributed by atoms with E-state index < -0.39 is 5.97 Å². The van der Waals surface area contributed by atoms with E-state index in [1.54, 1.807) is 0 Å². The summed E-state index contributed by atoms with van der Waals surface area (Å²) in [6.45, 7) is 2.18. The summed E-state index contributed by atoms with van der Waals surface area (Å²) in [5, 5.41) is 18.8. The second-order valence-corrected chi connectivity index (χ2v) is 7.47. The lowest BCUT2D eigenvalue weighted by Gasteiger charge is -2.25. The van der Waals surface area contributed by atoms with E-state index in [1.165, 1.54) is 12.8 Å². The van der Waals surface area contributed by atoms with Crippen molar-refractivity contribution in [3.05, 3.63) is 24.3 Å². The molecule has 1 unspecified atom stereocenters. The monoisotopic (exact) mass is 350 g/mol. The Bertz CT molecular complexity index is 457. The molecule has 2 fully saturated rings. The zero-order valence-electron chi connectivity index (χ0n) is 15.5. The number of hydrogen-bond acceptors (Lipinski definition) is 3. The highest BCUT2D eigenvalue weighted by atomic mass is 16.5. The van der Waals surface area contributed by atoms with E-state index in [9.17, 15) is 9.90 Å². The Labute approximate surface area is 152 Å². The van der Waals surface area contributed by atoms with Crippen molar-refractivity contribution in [1.82, 2.24) is 0 Å². The van der Waals surface area contributed by atoms with Crippen molar-refractivity contribution in [2.45, 2.75) is 89.4 Å². The molecule has 0 saturated carbocycles.